The maximum atomic E-state index is 13.3. The maximum absolute atomic E-state index is 13.3. The van der Waals surface area contributed by atoms with Gasteiger partial charge in [-0.25, -0.2) is 14.0 Å². The highest BCUT2D eigenvalue weighted by Crippen LogP contribution is 2.33. The van der Waals surface area contributed by atoms with E-state index in [4.69, 9.17) is 4.74 Å². The first-order valence-corrected chi connectivity index (χ1v) is 8.48. The number of benzene rings is 2. The largest absolute Gasteiger partial charge is 0.465 e. The Morgan fingerprint density at radius 2 is 1.89 bits per heavy atom. The van der Waals surface area contributed by atoms with Crippen molar-refractivity contribution in [3.8, 4) is 0 Å². The number of hydrogen-bond acceptors (Lipinski definition) is 4. The molecule has 27 heavy (non-hydrogen) atoms. The third-order valence-electron chi connectivity index (χ3n) is 4.73. The van der Waals surface area contributed by atoms with Crippen molar-refractivity contribution in [1.29, 1.82) is 0 Å². The van der Waals surface area contributed by atoms with Crippen molar-refractivity contribution in [2.75, 3.05) is 7.11 Å². The van der Waals surface area contributed by atoms with Gasteiger partial charge < -0.3 is 10.1 Å². The quantitative estimate of drug-likeness (QED) is 0.649. The van der Waals surface area contributed by atoms with E-state index in [2.05, 4.69) is 5.32 Å². The van der Waals surface area contributed by atoms with Crippen LogP contribution in [-0.2, 0) is 21.6 Å². The van der Waals surface area contributed by atoms with E-state index in [9.17, 15) is 18.8 Å². The zero-order valence-corrected chi connectivity index (χ0v) is 15.0. The van der Waals surface area contributed by atoms with E-state index in [0.29, 0.717) is 23.1 Å². The van der Waals surface area contributed by atoms with Crippen molar-refractivity contribution < 1.29 is 23.5 Å². The minimum atomic E-state index is -1.23. The first kappa shape index (κ1) is 18.6. The van der Waals surface area contributed by atoms with Crippen molar-refractivity contribution in [2.45, 2.75) is 25.4 Å². The third kappa shape index (κ3) is 3.28. The standard InChI is InChI=1S/C20H19FN2O4/c1-3-20(15-7-9-16(21)10-8-15)18(25)23(19(26)22-20)12-13-5-4-6-14(11-13)17(24)27-2/h4-11H,3,12H2,1-2H3,(H,22,26)/t20-/m0/s1. The summed E-state index contributed by atoms with van der Waals surface area (Å²) in [5.41, 5.74) is 0.246. The van der Waals surface area contributed by atoms with Crippen LogP contribution in [0.15, 0.2) is 48.5 Å². The Bertz CT molecular complexity index is 897. The number of halogens is 1. The second kappa shape index (κ2) is 7.19. The minimum Gasteiger partial charge on any atom is -0.465 e. The molecule has 2 aromatic carbocycles. The summed E-state index contributed by atoms with van der Waals surface area (Å²) in [7, 11) is 1.28. The molecule has 0 radical (unpaired) electrons. The molecule has 3 rings (SSSR count). The second-order valence-corrected chi connectivity index (χ2v) is 6.28. The highest BCUT2D eigenvalue weighted by atomic mass is 19.1. The van der Waals surface area contributed by atoms with Gasteiger partial charge in [0.1, 0.15) is 11.4 Å². The Balaban J connectivity index is 1.90. The summed E-state index contributed by atoms with van der Waals surface area (Å²) in [5, 5.41) is 2.74. The van der Waals surface area contributed by atoms with Gasteiger partial charge in [0, 0.05) is 0 Å². The Morgan fingerprint density at radius 3 is 2.52 bits per heavy atom. The Kier molecular flexibility index (Phi) is 4.94. The lowest BCUT2D eigenvalue weighted by molar-refractivity contribution is -0.132. The van der Waals surface area contributed by atoms with Gasteiger partial charge in [-0.15, -0.1) is 0 Å². The molecule has 0 bridgehead atoms. The number of imide groups is 1. The average molecular weight is 370 g/mol. The number of methoxy groups -OCH3 is 1. The first-order chi connectivity index (χ1) is 12.9. The molecule has 1 aliphatic rings. The molecule has 1 aliphatic heterocycles. The van der Waals surface area contributed by atoms with Crippen molar-refractivity contribution in [2.24, 2.45) is 0 Å². The van der Waals surface area contributed by atoms with Crippen LogP contribution >= 0.6 is 0 Å². The zero-order chi connectivity index (χ0) is 19.6. The number of hydrogen-bond donors (Lipinski definition) is 1. The third-order valence-corrected chi connectivity index (χ3v) is 4.73. The second-order valence-electron chi connectivity index (χ2n) is 6.28. The van der Waals surface area contributed by atoms with Crippen LogP contribution in [0, 0.1) is 5.82 Å². The molecule has 0 aromatic heterocycles. The topological polar surface area (TPSA) is 75.7 Å². The number of ether oxygens (including phenoxy) is 1. The highest BCUT2D eigenvalue weighted by molar-refractivity contribution is 6.07. The smallest absolute Gasteiger partial charge is 0.337 e. The van der Waals surface area contributed by atoms with Crippen molar-refractivity contribution in [1.82, 2.24) is 10.2 Å². The van der Waals surface area contributed by atoms with Gasteiger partial charge in [0.15, 0.2) is 0 Å². The molecule has 1 N–H and O–H groups in total. The fourth-order valence-electron chi connectivity index (χ4n) is 3.24. The monoisotopic (exact) mass is 370 g/mol. The number of amides is 3. The molecular formula is C20H19FN2O4. The molecule has 1 saturated heterocycles. The van der Waals surface area contributed by atoms with E-state index < -0.39 is 29.3 Å². The minimum absolute atomic E-state index is 0.0123. The van der Waals surface area contributed by atoms with Gasteiger partial charge in [0.05, 0.1) is 19.2 Å². The van der Waals surface area contributed by atoms with Gasteiger partial charge in [0.2, 0.25) is 0 Å². The lowest BCUT2D eigenvalue weighted by atomic mass is 9.87. The summed E-state index contributed by atoms with van der Waals surface area (Å²) in [6.07, 6.45) is 0.321. The van der Waals surface area contributed by atoms with E-state index in [1.165, 1.54) is 31.4 Å². The molecule has 2 aromatic rings. The molecule has 0 spiro atoms. The summed E-state index contributed by atoms with van der Waals surface area (Å²) in [6, 6.07) is 11.5. The van der Waals surface area contributed by atoms with E-state index in [-0.39, 0.29) is 6.54 Å². The van der Waals surface area contributed by atoms with Gasteiger partial charge in [-0.1, -0.05) is 31.2 Å². The van der Waals surface area contributed by atoms with Crippen LogP contribution in [-0.4, -0.2) is 29.9 Å². The van der Waals surface area contributed by atoms with E-state index >= 15 is 0 Å². The molecule has 1 fully saturated rings. The first-order valence-electron chi connectivity index (χ1n) is 8.48. The van der Waals surface area contributed by atoms with Crippen LogP contribution < -0.4 is 5.32 Å². The Labute approximate surface area is 155 Å². The summed E-state index contributed by atoms with van der Waals surface area (Å²) >= 11 is 0. The molecule has 3 amide bonds. The number of urea groups is 1. The zero-order valence-electron chi connectivity index (χ0n) is 15.0. The van der Waals surface area contributed by atoms with Crippen molar-refractivity contribution in [3.63, 3.8) is 0 Å². The van der Waals surface area contributed by atoms with Crippen LogP contribution in [0.1, 0.15) is 34.8 Å². The number of nitrogens with zero attached hydrogens (tertiary/aromatic N) is 1. The fourth-order valence-corrected chi connectivity index (χ4v) is 3.24. The number of carbonyl (C=O) groups is 3. The van der Waals surface area contributed by atoms with Crippen LogP contribution in [0.25, 0.3) is 0 Å². The van der Waals surface area contributed by atoms with Crippen LogP contribution in [0.2, 0.25) is 0 Å². The normalized spacial score (nSPS) is 19.1. The Hall–Kier alpha value is -3.22. The van der Waals surface area contributed by atoms with Gasteiger partial charge in [-0.05, 0) is 41.8 Å². The molecular weight excluding hydrogens is 351 g/mol. The van der Waals surface area contributed by atoms with Crippen LogP contribution in [0.3, 0.4) is 0 Å². The Morgan fingerprint density at radius 1 is 1.19 bits per heavy atom. The molecule has 140 valence electrons. The van der Waals surface area contributed by atoms with Gasteiger partial charge in [0.25, 0.3) is 5.91 Å². The van der Waals surface area contributed by atoms with Gasteiger partial charge >= 0.3 is 12.0 Å². The molecule has 0 aliphatic carbocycles. The number of nitrogens with one attached hydrogen (secondary N) is 1. The predicted octanol–water partition coefficient (Wildman–Crippen LogP) is 2.97. The molecule has 0 unspecified atom stereocenters. The average Bonchev–Trinajstić information content (AvgIpc) is 2.93. The number of esters is 1. The molecule has 1 heterocycles. The van der Waals surface area contributed by atoms with Crippen molar-refractivity contribution in [3.05, 3.63) is 71.0 Å². The summed E-state index contributed by atoms with van der Waals surface area (Å²) in [4.78, 5) is 38.4. The molecule has 7 heteroatoms. The highest BCUT2D eigenvalue weighted by Gasteiger charge is 2.51. The van der Waals surface area contributed by atoms with E-state index in [1.54, 1.807) is 31.2 Å². The summed E-state index contributed by atoms with van der Waals surface area (Å²) in [6.45, 7) is 1.79. The summed E-state index contributed by atoms with van der Waals surface area (Å²) in [5.74, 6) is -1.33. The maximum Gasteiger partial charge on any atom is 0.337 e. The number of rotatable bonds is 5. The van der Waals surface area contributed by atoms with E-state index in [1.807, 2.05) is 0 Å². The lowest BCUT2D eigenvalue weighted by Gasteiger charge is -2.25. The molecule has 0 saturated carbocycles. The molecule has 1 atom stereocenters. The van der Waals surface area contributed by atoms with Crippen LogP contribution in [0.4, 0.5) is 9.18 Å². The summed E-state index contributed by atoms with van der Waals surface area (Å²) < 4.78 is 17.9. The molecule has 6 nitrogen and oxygen atoms in total. The van der Waals surface area contributed by atoms with Gasteiger partial charge in [-0.3, -0.25) is 9.69 Å². The predicted molar refractivity (Wildman–Crippen MR) is 95.2 cm³/mol. The fraction of sp³-hybridized carbons (Fsp3) is 0.250. The van der Waals surface area contributed by atoms with Crippen molar-refractivity contribution >= 4 is 17.9 Å². The van der Waals surface area contributed by atoms with Gasteiger partial charge in [-0.2, -0.15) is 0 Å². The van der Waals surface area contributed by atoms with Crippen LogP contribution in [0.5, 0.6) is 0 Å². The van der Waals surface area contributed by atoms with E-state index in [0.717, 1.165) is 4.90 Å². The SMILES string of the molecule is CC[C@@]1(c2ccc(F)cc2)NC(=O)N(Cc2cccc(C(=O)OC)c2)C1=O. The number of carbonyl (C=O) groups excluding carboxylic acids is 3. The lowest BCUT2D eigenvalue weighted by Crippen LogP contribution is -2.43.